The Labute approximate surface area is 140 Å². The Morgan fingerprint density at radius 3 is 2.71 bits per heavy atom. The van der Waals surface area contributed by atoms with Crippen LogP contribution in [0.3, 0.4) is 0 Å². The number of hydrogen-bond acceptors (Lipinski definition) is 3. The summed E-state index contributed by atoms with van der Waals surface area (Å²) < 4.78 is 0. The molecule has 0 bridgehead atoms. The first-order valence-corrected chi connectivity index (χ1v) is 8.07. The molecule has 0 unspecified atom stereocenters. The van der Waals surface area contributed by atoms with Gasteiger partial charge in [-0.1, -0.05) is 30.3 Å². The molecule has 0 atom stereocenters. The van der Waals surface area contributed by atoms with Crippen molar-refractivity contribution in [3.63, 3.8) is 0 Å². The maximum atomic E-state index is 12.2. The van der Waals surface area contributed by atoms with E-state index in [9.17, 15) is 14.7 Å². The monoisotopic (exact) mass is 324 g/mol. The SMILES string of the molecule is O=C(Cc1ccccc1C(=O)O)NCc1cccc2c1CCCN2. The van der Waals surface area contributed by atoms with Gasteiger partial charge in [0.25, 0.3) is 0 Å². The second-order valence-electron chi connectivity index (χ2n) is 5.89. The first kappa shape index (κ1) is 16.1. The van der Waals surface area contributed by atoms with Crippen LogP contribution in [0.15, 0.2) is 42.5 Å². The van der Waals surface area contributed by atoms with Crippen LogP contribution in [0.1, 0.15) is 33.5 Å². The van der Waals surface area contributed by atoms with Crippen molar-refractivity contribution in [1.82, 2.24) is 5.32 Å². The second-order valence-corrected chi connectivity index (χ2v) is 5.89. The molecule has 0 saturated heterocycles. The highest BCUT2D eigenvalue weighted by molar-refractivity contribution is 5.91. The van der Waals surface area contributed by atoms with Gasteiger partial charge in [0.2, 0.25) is 5.91 Å². The summed E-state index contributed by atoms with van der Waals surface area (Å²) in [5.41, 5.74) is 4.21. The fraction of sp³-hybridized carbons (Fsp3) is 0.263. The Morgan fingerprint density at radius 2 is 1.88 bits per heavy atom. The third-order valence-electron chi connectivity index (χ3n) is 4.27. The summed E-state index contributed by atoms with van der Waals surface area (Å²) in [6.45, 7) is 1.44. The van der Waals surface area contributed by atoms with E-state index in [1.54, 1.807) is 18.2 Å². The Morgan fingerprint density at radius 1 is 1.08 bits per heavy atom. The number of carboxylic acids is 1. The molecule has 0 spiro atoms. The molecule has 0 saturated carbocycles. The molecule has 2 aromatic rings. The van der Waals surface area contributed by atoms with Gasteiger partial charge < -0.3 is 15.7 Å². The van der Waals surface area contributed by atoms with Crippen LogP contribution in [0.4, 0.5) is 5.69 Å². The summed E-state index contributed by atoms with van der Waals surface area (Å²) in [4.78, 5) is 23.4. The summed E-state index contributed by atoms with van der Waals surface area (Å²) >= 11 is 0. The summed E-state index contributed by atoms with van der Waals surface area (Å²) in [5.74, 6) is -1.19. The molecule has 3 rings (SSSR count). The van der Waals surface area contributed by atoms with Gasteiger partial charge in [0.05, 0.1) is 12.0 Å². The van der Waals surface area contributed by atoms with Crippen LogP contribution in [0.2, 0.25) is 0 Å². The molecular formula is C19H20N2O3. The number of anilines is 1. The number of fused-ring (bicyclic) bond motifs is 1. The number of carboxylic acid groups (broad SMARTS) is 1. The molecule has 2 aromatic carbocycles. The molecule has 1 heterocycles. The Hall–Kier alpha value is -2.82. The molecule has 0 aliphatic carbocycles. The molecule has 5 heteroatoms. The molecule has 1 aliphatic heterocycles. The predicted molar refractivity (Wildman–Crippen MR) is 92.2 cm³/mol. The molecule has 1 amide bonds. The van der Waals surface area contributed by atoms with E-state index in [1.807, 2.05) is 12.1 Å². The van der Waals surface area contributed by atoms with Crippen LogP contribution in [-0.4, -0.2) is 23.5 Å². The summed E-state index contributed by atoms with van der Waals surface area (Å²) in [7, 11) is 0. The van der Waals surface area contributed by atoms with Crippen molar-refractivity contribution in [3.8, 4) is 0 Å². The van der Waals surface area contributed by atoms with Crippen LogP contribution in [0.25, 0.3) is 0 Å². The van der Waals surface area contributed by atoms with Gasteiger partial charge in [0.15, 0.2) is 0 Å². The zero-order valence-corrected chi connectivity index (χ0v) is 13.3. The molecule has 1 aliphatic rings. The quantitative estimate of drug-likeness (QED) is 0.790. The van der Waals surface area contributed by atoms with E-state index in [4.69, 9.17) is 0 Å². The maximum Gasteiger partial charge on any atom is 0.335 e. The van der Waals surface area contributed by atoms with Crippen molar-refractivity contribution >= 4 is 17.6 Å². The molecule has 124 valence electrons. The molecule has 3 N–H and O–H groups in total. The average Bonchev–Trinajstić information content (AvgIpc) is 2.60. The van der Waals surface area contributed by atoms with E-state index in [2.05, 4.69) is 16.7 Å². The summed E-state index contributed by atoms with van der Waals surface area (Å²) in [5, 5.41) is 15.5. The van der Waals surface area contributed by atoms with E-state index in [-0.39, 0.29) is 17.9 Å². The number of carbonyl (C=O) groups is 2. The van der Waals surface area contributed by atoms with Crippen molar-refractivity contribution in [3.05, 3.63) is 64.7 Å². The largest absolute Gasteiger partial charge is 0.478 e. The number of benzene rings is 2. The lowest BCUT2D eigenvalue weighted by Gasteiger charge is -2.21. The van der Waals surface area contributed by atoms with Crippen LogP contribution in [0, 0.1) is 0 Å². The standard InChI is InChI=1S/C19H20N2O3/c22-18(11-13-5-1-2-7-16(13)19(23)24)21-12-14-6-3-9-17-15(14)8-4-10-20-17/h1-3,5-7,9,20H,4,8,10-12H2,(H,21,22)(H,23,24). The summed E-state index contributed by atoms with van der Waals surface area (Å²) in [6, 6.07) is 12.7. The van der Waals surface area contributed by atoms with E-state index < -0.39 is 5.97 Å². The number of rotatable bonds is 5. The van der Waals surface area contributed by atoms with Crippen molar-refractivity contribution in [1.29, 1.82) is 0 Å². The number of hydrogen-bond donors (Lipinski definition) is 3. The molecule has 5 nitrogen and oxygen atoms in total. The van der Waals surface area contributed by atoms with Gasteiger partial charge in [-0.3, -0.25) is 4.79 Å². The number of amides is 1. The fourth-order valence-corrected chi connectivity index (χ4v) is 3.06. The lowest BCUT2D eigenvalue weighted by Crippen LogP contribution is -2.26. The van der Waals surface area contributed by atoms with Gasteiger partial charge in [-0.05, 0) is 41.7 Å². The second kappa shape index (κ2) is 7.17. The molecule has 0 aromatic heterocycles. The Bertz CT molecular complexity index is 771. The number of carbonyl (C=O) groups excluding carboxylic acids is 1. The molecule has 24 heavy (non-hydrogen) atoms. The minimum Gasteiger partial charge on any atom is -0.478 e. The minimum atomic E-state index is -1.01. The smallest absolute Gasteiger partial charge is 0.335 e. The first-order valence-electron chi connectivity index (χ1n) is 8.07. The lowest BCUT2D eigenvalue weighted by molar-refractivity contribution is -0.120. The van der Waals surface area contributed by atoms with Gasteiger partial charge in [0.1, 0.15) is 0 Å². The molecule has 0 radical (unpaired) electrons. The van der Waals surface area contributed by atoms with Crippen LogP contribution < -0.4 is 10.6 Å². The highest BCUT2D eigenvalue weighted by atomic mass is 16.4. The topological polar surface area (TPSA) is 78.4 Å². The molecule has 0 fully saturated rings. The third kappa shape index (κ3) is 3.56. The number of aromatic carboxylic acids is 1. The van der Waals surface area contributed by atoms with Gasteiger partial charge in [-0.25, -0.2) is 4.79 Å². The summed E-state index contributed by atoms with van der Waals surface area (Å²) in [6.07, 6.45) is 2.16. The van der Waals surface area contributed by atoms with Gasteiger partial charge >= 0.3 is 5.97 Å². The normalized spacial score (nSPS) is 12.8. The average molecular weight is 324 g/mol. The minimum absolute atomic E-state index is 0.0652. The van der Waals surface area contributed by atoms with Crippen LogP contribution in [0.5, 0.6) is 0 Å². The van der Waals surface area contributed by atoms with E-state index in [0.29, 0.717) is 12.1 Å². The molecular weight excluding hydrogens is 304 g/mol. The highest BCUT2D eigenvalue weighted by Gasteiger charge is 2.15. The lowest BCUT2D eigenvalue weighted by atomic mass is 9.97. The van der Waals surface area contributed by atoms with Crippen molar-refractivity contribution in [2.45, 2.75) is 25.8 Å². The first-order chi connectivity index (χ1) is 11.6. The van der Waals surface area contributed by atoms with E-state index in [0.717, 1.165) is 30.6 Å². The Kier molecular flexibility index (Phi) is 4.79. The van der Waals surface area contributed by atoms with Gasteiger partial charge in [0, 0.05) is 18.8 Å². The van der Waals surface area contributed by atoms with Crippen molar-refractivity contribution in [2.75, 3.05) is 11.9 Å². The fourth-order valence-electron chi connectivity index (χ4n) is 3.06. The van der Waals surface area contributed by atoms with Crippen LogP contribution in [-0.2, 0) is 24.2 Å². The zero-order chi connectivity index (χ0) is 16.9. The number of nitrogens with one attached hydrogen (secondary N) is 2. The highest BCUT2D eigenvalue weighted by Crippen LogP contribution is 2.25. The van der Waals surface area contributed by atoms with Gasteiger partial charge in [-0.15, -0.1) is 0 Å². The van der Waals surface area contributed by atoms with E-state index >= 15 is 0 Å². The van der Waals surface area contributed by atoms with Gasteiger partial charge in [-0.2, -0.15) is 0 Å². The predicted octanol–water partition coefficient (Wildman–Crippen LogP) is 2.60. The third-order valence-corrected chi connectivity index (χ3v) is 4.27. The van der Waals surface area contributed by atoms with E-state index in [1.165, 1.54) is 11.6 Å². The maximum absolute atomic E-state index is 12.2. The van der Waals surface area contributed by atoms with Crippen molar-refractivity contribution < 1.29 is 14.7 Å². The Balaban J connectivity index is 1.66. The van der Waals surface area contributed by atoms with Crippen molar-refractivity contribution in [2.24, 2.45) is 0 Å². The zero-order valence-electron chi connectivity index (χ0n) is 13.3. The van der Waals surface area contributed by atoms with Crippen LogP contribution >= 0.6 is 0 Å².